The van der Waals surface area contributed by atoms with Gasteiger partial charge in [0.25, 0.3) is 0 Å². The molecule has 0 fully saturated rings. The first-order chi connectivity index (χ1) is 8.93. The van der Waals surface area contributed by atoms with E-state index in [1.807, 2.05) is 33.8 Å². The summed E-state index contributed by atoms with van der Waals surface area (Å²) >= 11 is 0. The zero-order valence-corrected chi connectivity index (χ0v) is 13.3. The Morgan fingerprint density at radius 1 is 1.16 bits per heavy atom. The fourth-order valence-electron chi connectivity index (χ4n) is 1.37. The summed E-state index contributed by atoms with van der Waals surface area (Å²) in [5.41, 5.74) is 2.07. The highest BCUT2D eigenvalue weighted by Crippen LogP contribution is 2.21. The van der Waals surface area contributed by atoms with Crippen molar-refractivity contribution in [3.63, 3.8) is 0 Å². The fraction of sp³-hybridized carbons (Fsp3) is 0.500. The highest BCUT2D eigenvalue weighted by molar-refractivity contribution is 5.95. The zero-order valence-electron chi connectivity index (χ0n) is 13.3. The van der Waals surface area contributed by atoms with Gasteiger partial charge in [0.2, 0.25) is 5.96 Å². The van der Waals surface area contributed by atoms with Gasteiger partial charge in [0.05, 0.1) is 0 Å². The first kappa shape index (κ1) is 17.4. The molecular formula is C16H27N3. The SMILES string of the molecule is CC.CN=C(N=C(C)C)NC1=CC=CC(C)(C)C=C1. The molecule has 0 aromatic carbocycles. The van der Waals surface area contributed by atoms with E-state index in [-0.39, 0.29) is 5.41 Å². The van der Waals surface area contributed by atoms with E-state index in [9.17, 15) is 0 Å². The van der Waals surface area contributed by atoms with Gasteiger partial charge in [-0.05, 0) is 26.0 Å². The second-order valence-electron chi connectivity index (χ2n) is 4.87. The van der Waals surface area contributed by atoms with Gasteiger partial charge in [0.1, 0.15) is 0 Å². The summed E-state index contributed by atoms with van der Waals surface area (Å²) in [6.07, 6.45) is 10.5. The first-order valence-corrected chi connectivity index (χ1v) is 6.77. The minimum absolute atomic E-state index is 0.0907. The van der Waals surface area contributed by atoms with Crippen molar-refractivity contribution in [2.24, 2.45) is 15.4 Å². The molecule has 0 aliphatic heterocycles. The molecule has 0 saturated heterocycles. The van der Waals surface area contributed by atoms with Crippen LogP contribution in [0.5, 0.6) is 0 Å². The second-order valence-corrected chi connectivity index (χ2v) is 4.87. The standard InChI is InChI=1S/C14H21N3.C2H6/c1-11(2)16-13(15-5)17-12-7-6-9-14(3,4)10-8-12;1-2/h6-10H,1-5H3,(H,15,17);1-2H3. The number of hydrogen-bond donors (Lipinski definition) is 1. The monoisotopic (exact) mass is 261 g/mol. The van der Waals surface area contributed by atoms with E-state index in [1.54, 1.807) is 7.05 Å². The maximum Gasteiger partial charge on any atom is 0.222 e. The molecule has 0 saturated carbocycles. The summed E-state index contributed by atoms with van der Waals surface area (Å²) < 4.78 is 0. The lowest BCUT2D eigenvalue weighted by Gasteiger charge is -2.12. The van der Waals surface area contributed by atoms with Gasteiger partial charge in [-0.3, -0.25) is 4.99 Å². The summed E-state index contributed by atoms with van der Waals surface area (Å²) in [4.78, 5) is 8.42. The lowest BCUT2D eigenvalue weighted by Crippen LogP contribution is -2.20. The molecule has 3 heteroatoms. The van der Waals surface area contributed by atoms with Crippen LogP contribution in [0.4, 0.5) is 0 Å². The Morgan fingerprint density at radius 3 is 2.32 bits per heavy atom. The van der Waals surface area contributed by atoms with Gasteiger partial charge in [-0.2, -0.15) is 0 Å². The van der Waals surface area contributed by atoms with Crippen molar-refractivity contribution in [3.8, 4) is 0 Å². The van der Waals surface area contributed by atoms with Gasteiger partial charge in [-0.15, -0.1) is 0 Å². The van der Waals surface area contributed by atoms with Crippen molar-refractivity contribution >= 4 is 11.7 Å². The van der Waals surface area contributed by atoms with Gasteiger partial charge in [-0.25, -0.2) is 4.99 Å². The van der Waals surface area contributed by atoms with Gasteiger partial charge >= 0.3 is 0 Å². The molecule has 1 N–H and O–H groups in total. The van der Waals surface area contributed by atoms with Crippen molar-refractivity contribution in [2.45, 2.75) is 41.5 Å². The molecule has 0 heterocycles. The molecule has 1 rings (SSSR count). The zero-order chi connectivity index (χ0) is 14.9. The van der Waals surface area contributed by atoms with Crippen molar-refractivity contribution in [1.29, 1.82) is 0 Å². The molecule has 0 radical (unpaired) electrons. The Morgan fingerprint density at radius 2 is 1.79 bits per heavy atom. The lowest BCUT2D eigenvalue weighted by molar-refractivity contribution is 0.626. The molecule has 1 aliphatic rings. The predicted molar refractivity (Wildman–Crippen MR) is 86.8 cm³/mol. The van der Waals surface area contributed by atoms with Crippen LogP contribution in [0.1, 0.15) is 41.5 Å². The van der Waals surface area contributed by atoms with Crippen LogP contribution in [0.3, 0.4) is 0 Å². The second kappa shape index (κ2) is 8.46. The van der Waals surface area contributed by atoms with Crippen LogP contribution < -0.4 is 5.32 Å². The van der Waals surface area contributed by atoms with Gasteiger partial charge in [0.15, 0.2) is 0 Å². The van der Waals surface area contributed by atoms with Crippen molar-refractivity contribution in [3.05, 3.63) is 36.1 Å². The molecule has 19 heavy (non-hydrogen) atoms. The van der Waals surface area contributed by atoms with Crippen LogP contribution in [-0.4, -0.2) is 18.7 Å². The molecule has 0 bridgehead atoms. The van der Waals surface area contributed by atoms with E-state index < -0.39 is 0 Å². The largest absolute Gasteiger partial charge is 0.325 e. The summed E-state index contributed by atoms with van der Waals surface area (Å²) in [6, 6.07) is 0. The van der Waals surface area contributed by atoms with Crippen LogP contribution >= 0.6 is 0 Å². The number of rotatable bonds is 1. The normalized spacial score (nSPS) is 16.8. The molecule has 0 atom stereocenters. The van der Waals surface area contributed by atoms with Gasteiger partial charge in [0, 0.05) is 23.9 Å². The Balaban J connectivity index is 0.00000154. The predicted octanol–water partition coefficient (Wildman–Crippen LogP) is 4.10. The maximum atomic E-state index is 4.31. The number of hydrogen-bond acceptors (Lipinski definition) is 1. The molecule has 1 aliphatic carbocycles. The van der Waals surface area contributed by atoms with Crippen LogP contribution in [0, 0.1) is 5.41 Å². The van der Waals surface area contributed by atoms with E-state index in [0.717, 1.165) is 11.4 Å². The average molecular weight is 261 g/mol. The van der Waals surface area contributed by atoms with Crippen molar-refractivity contribution in [1.82, 2.24) is 5.32 Å². The summed E-state index contributed by atoms with van der Waals surface area (Å²) in [5, 5.41) is 3.20. The number of allylic oxidation sites excluding steroid dienone is 5. The fourth-order valence-corrected chi connectivity index (χ4v) is 1.37. The third kappa shape index (κ3) is 7.39. The minimum atomic E-state index is 0.0907. The van der Waals surface area contributed by atoms with E-state index in [1.165, 1.54) is 0 Å². The van der Waals surface area contributed by atoms with Crippen LogP contribution in [-0.2, 0) is 0 Å². The quantitative estimate of drug-likeness (QED) is 0.560. The molecule has 3 nitrogen and oxygen atoms in total. The van der Waals surface area contributed by atoms with Crippen LogP contribution in [0.2, 0.25) is 0 Å². The first-order valence-electron chi connectivity index (χ1n) is 6.77. The topological polar surface area (TPSA) is 36.8 Å². The molecular weight excluding hydrogens is 234 g/mol. The molecule has 106 valence electrons. The van der Waals surface area contributed by atoms with Crippen LogP contribution in [0.15, 0.2) is 46.1 Å². The Kier molecular flexibility index (Phi) is 7.73. The van der Waals surface area contributed by atoms with E-state index in [4.69, 9.17) is 0 Å². The highest BCUT2D eigenvalue weighted by atomic mass is 15.1. The van der Waals surface area contributed by atoms with Crippen LogP contribution in [0.25, 0.3) is 0 Å². The van der Waals surface area contributed by atoms with Crippen molar-refractivity contribution < 1.29 is 0 Å². The molecule has 0 amide bonds. The summed E-state index contributed by atoms with van der Waals surface area (Å²) in [6.45, 7) is 12.2. The minimum Gasteiger partial charge on any atom is -0.325 e. The summed E-state index contributed by atoms with van der Waals surface area (Å²) in [7, 11) is 1.73. The molecule has 0 aromatic rings. The number of guanidine groups is 1. The number of aliphatic imine (C=N–C) groups is 2. The molecule has 0 spiro atoms. The van der Waals surface area contributed by atoms with Crippen molar-refractivity contribution in [2.75, 3.05) is 7.05 Å². The molecule has 0 unspecified atom stereocenters. The van der Waals surface area contributed by atoms with Gasteiger partial charge < -0.3 is 5.32 Å². The van der Waals surface area contributed by atoms with E-state index in [0.29, 0.717) is 5.96 Å². The molecule has 0 aromatic heterocycles. The number of nitrogens with zero attached hydrogens (tertiary/aromatic N) is 2. The van der Waals surface area contributed by atoms with E-state index >= 15 is 0 Å². The Labute approximate surface area is 117 Å². The Bertz CT molecular complexity index is 417. The lowest BCUT2D eigenvalue weighted by atomic mass is 9.93. The maximum absolute atomic E-state index is 4.31. The third-order valence-electron chi connectivity index (χ3n) is 2.29. The average Bonchev–Trinajstić information content (AvgIpc) is 2.52. The highest BCUT2D eigenvalue weighted by Gasteiger charge is 2.10. The van der Waals surface area contributed by atoms with E-state index in [2.05, 4.69) is 53.5 Å². The number of nitrogens with one attached hydrogen (secondary N) is 1. The smallest absolute Gasteiger partial charge is 0.222 e. The summed E-state index contributed by atoms with van der Waals surface area (Å²) in [5.74, 6) is 0.633. The Hall–Kier alpha value is -1.64. The third-order valence-corrected chi connectivity index (χ3v) is 2.29. The van der Waals surface area contributed by atoms with Gasteiger partial charge in [-0.1, -0.05) is 45.9 Å².